The summed E-state index contributed by atoms with van der Waals surface area (Å²) in [5.41, 5.74) is 0. The lowest BCUT2D eigenvalue weighted by molar-refractivity contribution is -0.00000202. The predicted molar refractivity (Wildman–Crippen MR) is 48.1 cm³/mol. The highest BCUT2D eigenvalue weighted by Gasteiger charge is 1.79. The lowest BCUT2D eigenvalue weighted by Crippen LogP contribution is -3.00. The quantitative estimate of drug-likeness (QED) is 0.498. The molecule has 0 aliphatic carbocycles. The Hall–Kier alpha value is -0.530. The molecule has 0 nitrogen and oxygen atoms in total. The van der Waals surface area contributed by atoms with Gasteiger partial charge in [0.05, 0.1) is 0 Å². The fourth-order valence-corrected chi connectivity index (χ4v) is 1.23. The third kappa shape index (κ3) is 4.82. The third-order valence-corrected chi connectivity index (χ3v) is 2.02. The van der Waals surface area contributed by atoms with E-state index >= 15 is 0 Å². The number of rotatable bonds is 0. The molecular formula is C9H11ClS. The predicted octanol–water partition coefficient (Wildman–Crippen LogP) is -0.0828. The summed E-state index contributed by atoms with van der Waals surface area (Å²) in [6.45, 7) is 2.13. The summed E-state index contributed by atoms with van der Waals surface area (Å²) in [7, 11) is 0. The van der Waals surface area contributed by atoms with Crippen LogP contribution in [-0.4, -0.2) is 0 Å². The van der Waals surface area contributed by atoms with Gasteiger partial charge in [-0.1, -0.05) is 24.3 Å². The molecule has 1 aromatic heterocycles. The summed E-state index contributed by atoms with van der Waals surface area (Å²) in [6.07, 6.45) is 0. The zero-order valence-corrected chi connectivity index (χ0v) is 8.02. The second-order valence-electron chi connectivity index (χ2n) is 2.05. The summed E-state index contributed by atoms with van der Waals surface area (Å²) in [6, 6.07) is 12.4. The van der Waals surface area contributed by atoms with Crippen LogP contribution in [0.15, 0.2) is 41.8 Å². The average Bonchev–Trinajstić information content (AvgIpc) is 2.02. The summed E-state index contributed by atoms with van der Waals surface area (Å²) >= 11 is 1.29. The molecule has 0 aliphatic heterocycles. The molecule has 1 heterocycles. The topological polar surface area (TPSA) is 0 Å². The van der Waals surface area contributed by atoms with Gasteiger partial charge in [-0.3, -0.25) is 0 Å². The van der Waals surface area contributed by atoms with Gasteiger partial charge in [0.1, 0.15) is 10.3 Å². The third-order valence-electron chi connectivity index (χ3n) is 1.15. The Bertz CT molecular complexity index is 217. The highest BCUT2D eigenvalue weighted by atomic mass is 35.5. The molecule has 0 N–H and O–H groups in total. The molecule has 0 aromatic carbocycles. The van der Waals surface area contributed by atoms with Crippen molar-refractivity contribution < 1.29 is 12.4 Å². The second kappa shape index (κ2) is 6.20. The molecule has 0 saturated heterocycles. The van der Waals surface area contributed by atoms with Crippen molar-refractivity contribution in [2.45, 2.75) is 6.92 Å². The lowest BCUT2D eigenvalue weighted by atomic mass is 10.4. The normalized spacial score (nSPS) is 7.73. The van der Waals surface area contributed by atoms with Gasteiger partial charge in [-0.15, -0.1) is 0 Å². The average molecular weight is 187 g/mol. The Labute approximate surface area is 77.6 Å². The first-order chi connectivity index (χ1) is 4.89. The van der Waals surface area contributed by atoms with Crippen LogP contribution >= 0.6 is 11.3 Å². The van der Waals surface area contributed by atoms with Crippen LogP contribution in [0.4, 0.5) is 0 Å². The summed E-state index contributed by atoms with van der Waals surface area (Å²) in [5.74, 6) is 0. The van der Waals surface area contributed by atoms with Crippen LogP contribution in [0, 0.1) is 6.92 Å². The number of hydrogen-bond donors (Lipinski definition) is 0. The second-order valence-corrected chi connectivity index (χ2v) is 3.31. The van der Waals surface area contributed by atoms with Gasteiger partial charge in [0.25, 0.3) is 0 Å². The first kappa shape index (κ1) is 10.5. The zero-order chi connectivity index (χ0) is 7.23. The molecule has 0 saturated carbocycles. The Morgan fingerprint density at radius 2 is 1.64 bits per heavy atom. The van der Waals surface area contributed by atoms with Crippen LogP contribution in [0.1, 0.15) is 4.88 Å². The van der Waals surface area contributed by atoms with E-state index in [1.165, 1.54) is 16.2 Å². The van der Waals surface area contributed by atoms with Crippen molar-refractivity contribution in [1.82, 2.24) is 0 Å². The van der Waals surface area contributed by atoms with Crippen molar-refractivity contribution in [3.05, 3.63) is 46.7 Å². The standard InChI is InChI=1S/C9H10S.ClH/c1-9-7-5-3-2-4-6-8-10-9;/h2-8H,1H3;1H. The SMILES string of the molecule is Cc1ccccccc[sH+]1.[Cl-]. The van der Waals surface area contributed by atoms with Crippen LogP contribution in [0.3, 0.4) is 0 Å². The molecule has 0 spiro atoms. The monoisotopic (exact) mass is 186 g/mol. The van der Waals surface area contributed by atoms with E-state index < -0.39 is 0 Å². The van der Waals surface area contributed by atoms with Gasteiger partial charge >= 0.3 is 0 Å². The van der Waals surface area contributed by atoms with Crippen LogP contribution in [0.25, 0.3) is 0 Å². The Morgan fingerprint density at radius 1 is 1.00 bits per heavy atom. The first-order valence-corrected chi connectivity index (χ1v) is 4.23. The van der Waals surface area contributed by atoms with E-state index in [2.05, 4.69) is 30.5 Å². The van der Waals surface area contributed by atoms with Gasteiger partial charge < -0.3 is 12.4 Å². The van der Waals surface area contributed by atoms with Crippen molar-refractivity contribution in [3.8, 4) is 0 Å². The fraction of sp³-hybridized carbons (Fsp3) is 0.111. The summed E-state index contributed by atoms with van der Waals surface area (Å²) in [4.78, 5) is 1.37. The lowest BCUT2D eigenvalue weighted by Gasteiger charge is -1.67. The number of hydrogen-bond acceptors (Lipinski definition) is 0. The van der Waals surface area contributed by atoms with E-state index in [0.29, 0.717) is 0 Å². The van der Waals surface area contributed by atoms with Crippen LogP contribution < -0.4 is 12.4 Å². The maximum absolute atomic E-state index is 2.13. The van der Waals surface area contributed by atoms with Crippen molar-refractivity contribution in [2.75, 3.05) is 0 Å². The minimum atomic E-state index is 0. The van der Waals surface area contributed by atoms with E-state index in [0.717, 1.165) is 0 Å². The molecule has 60 valence electrons. The van der Waals surface area contributed by atoms with Crippen molar-refractivity contribution >= 4 is 11.3 Å². The highest BCUT2D eigenvalue weighted by Crippen LogP contribution is 1.99. The molecule has 0 amide bonds. The molecule has 1 aromatic rings. The molecule has 11 heavy (non-hydrogen) atoms. The van der Waals surface area contributed by atoms with Gasteiger partial charge in [-0.25, -0.2) is 0 Å². The number of aryl methyl sites for hydroxylation is 1. The minimum Gasteiger partial charge on any atom is -1.00 e. The van der Waals surface area contributed by atoms with E-state index in [9.17, 15) is 0 Å². The molecule has 0 radical (unpaired) electrons. The maximum atomic E-state index is 2.13. The minimum absolute atomic E-state index is 0. The Kier molecular flexibility index (Phi) is 5.90. The van der Waals surface area contributed by atoms with E-state index in [1.807, 2.05) is 18.2 Å². The van der Waals surface area contributed by atoms with E-state index in [-0.39, 0.29) is 12.4 Å². The number of halogens is 1. The zero-order valence-electron chi connectivity index (χ0n) is 6.37. The summed E-state index contributed by atoms with van der Waals surface area (Å²) < 4.78 is 0. The smallest absolute Gasteiger partial charge is 0.144 e. The first-order valence-electron chi connectivity index (χ1n) is 3.27. The highest BCUT2D eigenvalue weighted by molar-refractivity contribution is 7.09. The van der Waals surface area contributed by atoms with E-state index in [4.69, 9.17) is 0 Å². The van der Waals surface area contributed by atoms with Gasteiger partial charge in [0.15, 0.2) is 0 Å². The van der Waals surface area contributed by atoms with Gasteiger partial charge in [0.2, 0.25) is 0 Å². The van der Waals surface area contributed by atoms with Crippen LogP contribution in [0.2, 0.25) is 0 Å². The molecular weight excluding hydrogens is 176 g/mol. The van der Waals surface area contributed by atoms with Gasteiger partial charge in [-0.2, -0.15) is 0 Å². The summed E-state index contributed by atoms with van der Waals surface area (Å²) in [5, 5.41) is 2.13. The van der Waals surface area contributed by atoms with Gasteiger partial charge in [-0.05, 0) is 23.5 Å². The van der Waals surface area contributed by atoms with Crippen molar-refractivity contribution in [1.29, 1.82) is 0 Å². The van der Waals surface area contributed by atoms with Crippen molar-refractivity contribution in [2.24, 2.45) is 0 Å². The van der Waals surface area contributed by atoms with Crippen LogP contribution in [-0.2, 0) is 0 Å². The molecule has 2 heteroatoms. The van der Waals surface area contributed by atoms with Gasteiger partial charge in [0, 0.05) is 6.92 Å². The molecule has 0 aliphatic rings. The van der Waals surface area contributed by atoms with Crippen molar-refractivity contribution in [3.63, 3.8) is 0 Å². The Balaban J connectivity index is 0.000001000. The molecule has 1 rings (SSSR count). The maximum Gasteiger partial charge on any atom is 0.144 e. The van der Waals surface area contributed by atoms with E-state index in [1.54, 1.807) is 0 Å². The van der Waals surface area contributed by atoms with Crippen LogP contribution in [0.5, 0.6) is 0 Å². The molecule has 0 bridgehead atoms. The molecule has 0 fully saturated rings. The molecule has 0 atom stereocenters. The fourth-order valence-electron chi connectivity index (χ4n) is 0.641. The largest absolute Gasteiger partial charge is 1.00 e. The Morgan fingerprint density at radius 3 is 2.45 bits per heavy atom. The molecule has 0 unspecified atom stereocenters.